The molecule has 0 aliphatic carbocycles. The van der Waals surface area contributed by atoms with Crippen LogP contribution in [-0.4, -0.2) is 12.0 Å². The molecule has 122 valence electrons. The van der Waals surface area contributed by atoms with E-state index < -0.39 is 0 Å². The standard InChI is InChI=1S/C20H25NO2/c1-5-16-6-8-17(9-7-16)15(4)21-20(22)18-10-12-19(13-11-18)23-14(2)3/h6-15H,5H2,1-4H3,(H,21,22)/t15-/m1/s1. The lowest BCUT2D eigenvalue weighted by Gasteiger charge is -2.15. The van der Waals surface area contributed by atoms with E-state index in [4.69, 9.17) is 4.74 Å². The highest BCUT2D eigenvalue weighted by Gasteiger charge is 2.11. The SMILES string of the molecule is CCc1ccc([C@@H](C)NC(=O)c2ccc(OC(C)C)cc2)cc1. The molecule has 23 heavy (non-hydrogen) atoms. The molecule has 0 aliphatic rings. The van der Waals surface area contributed by atoms with E-state index in [9.17, 15) is 4.79 Å². The number of carbonyl (C=O) groups is 1. The van der Waals surface area contributed by atoms with Crippen LogP contribution in [0.15, 0.2) is 48.5 Å². The fourth-order valence-electron chi connectivity index (χ4n) is 2.36. The zero-order valence-corrected chi connectivity index (χ0v) is 14.3. The van der Waals surface area contributed by atoms with Gasteiger partial charge < -0.3 is 10.1 Å². The van der Waals surface area contributed by atoms with E-state index in [1.54, 1.807) is 12.1 Å². The summed E-state index contributed by atoms with van der Waals surface area (Å²) in [6, 6.07) is 15.6. The van der Waals surface area contributed by atoms with Crippen LogP contribution in [0.4, 0.5) is 0 Å². The second-order valence-corrected chi connectivity index (χ2v) is 5.98. The van der Waals surface area contributed by atoms with Crippen molar-refractivity contribution in [2.24, 2.45) is 0 Å². The van der Waals surface area contributed by atoms with Gasteiger partial charge >= 0.3 is 0 Å². The average molecular weight is 311 g/mol. The summed E-state index contributed by atoms with van der Waals surface area (Å²) in [5.74, 6) is 0.702. The first-order chi connectivity index (χ1) is 11.0. The fourth-order valence-corrected chi connectivity index (χ4v) is 2.36. The van der Waals surface area contributed by atoms with Crippen molar-refractivity contribution >= 4 is 5.91 Å². The maximum Gasteiger partial charge on any atom is 0.251 e. The Balaban J connectivity index is 1.99. The Bertz CT molecular complexity index is 630. The van der Waals surface area contributed by atoms with E-state index in [2.05, 4.69) is 36.5 Å². The normalized spacial score (nSPS) is 12.0. The molecule has 1 atom stereocenters. The molecule has 0 aliphatic heterocycles. The second kappa shape index (κ2) is 7.82. The lowest BCUT2D eigenvalue weighted by Crippen LogP contribution is -2.26. The minimum absolute atomic E-state index is 0.0278. The van der Waals surface area contributed by atoms with Crippen LogP contribution in [0.1, 0.15) is 55.2 Å². The van der Waals surface area contributed by atoms with Crippen LogP contribution in [0, 0.1) is 0 Å². The van der Waals surface area contributed by atoms with Gasteiger partial charge in [0.25, 0.3) is 5.91 Å². The number of aryl methyl sites for hydroxylation is 1. The Hall–Kier alpha value is -2.29. The van der Waals surface area contributed by atoms with Crippen molar-refractivity contribution in [3.63, 3.8) is 0 Å². The van der Waals surface area contributed by atoms with E-state index in [-0.39, 0.29) is 18.1 Å². The average Bonchev–Trinajstić information content (AvgIpc) is 2.55. The lowest BCUT2D eigenvalue weighted by molar-refractivity contribution is 0.0940. The zero-order chi connectivity index (χ0) is 16.8. The molecule has 2 aromatic carbocycles. The molecule has 0 bridgehead atoms. The molecule has 0 spiro atoms. The maximum atomic E-state index is 12.3. The molecule has 1 N–H and O–H groups in total. The molecule has 0 radical (unpaired) electrons. The number of hydrogen-bond donors (Lipinski definition) is 1. The Kier molecular flexibility index (Phi) is 5.80. The number of rotatable bonds is 6. The van der Waals surface area contributed by atoms with Gasteiger partial charge in [0.05, 0.1) is 12.1 Å². The van der Waals surface area contributed by atoms with Crippen molar-refractivity contribution in [2.75, 3.05) is 0 Å². The van der Waals surface area contributed by atoms with Crippen LogP contribution >= 0.6 is 0 Å². The van der Waals surface area contributed by atoms with Crippen LogP contribution in [0.3, 0.4) is 0 Å². The maximum absolute atomic E-state index is 12.3. The Morgan fingerprint density at radius 3 is 2.13 bits per heavy atom. The van der Waals surface area contributed by atoms with Crippen LogP contribution < -0.4 is 10.1 Å². The van der Waals surface area contributed by atoms with Gasteiger partial charge in [-0.15, -0.1) is 0 Å². The monoisotopic (exact) mass is 311 g/mol. The largest absolute Gasteiger partial charge is 0.491 e. The van der Waals surface area contributed by atoms with Gasteiger partial charge in [-0.25, -0.2) is 0 Å². The highest BCUT2D eigenvalue weighted by Crippen LogP contribution is 2.17. The third kappa shape index (κ3) is 4.85. The predicted octanol–water partition coefficient (Wildman–Crippen LogP) is 4.53. The highest BCUT2D eigenvalue weighted by atomic mass is 16.5. The van der Waals surface area contributed by atoms with Gasteiger partial charge in [0.15, 0.2) is 0 Å². The quantitative estimate of drug-likeness (QED) is 0.851. The molecule has 3 heteroatoms. The second-order valence-electron chi connectivity index (χ2n) is 5.98. The molecule has 3 nitrogen and oxygen atoms in total. The van der Waals surface area contributed by atoms with Gasteiger partial charge in [0.1, 0.15) is 5.75 Å². The molecule has 0 saturated carbocycles. The third-order valence-electron chi connectivity index (χ3n) is 3.72. The predicted molar refractivity (Wildman–Crippen MR) is 93.9 cm³/mol. The van der Waals surface area contributed by atoms with E-state index in [1.165, 1.54) is 5.56 Å². The number of carbonyl (C=O) groups excluding carboxylic acids is 1. The van der Waals surface area contributed by atoms with E-state index in [0.29, 0.717) is 5.56 Å². The van der Waals surface area contributed by atoms with Crippen molar-refractivity contribution in [3.05, 3.63) is 65.2 Å². The minimum atomic E-state index is -0.0758. The van der Waals surface area contributed by atoms with Crippen LogP contribution in [0.25, 0.3) is 0 Å². The zero-order valence-electron chi connectivity index (χ0n) is 14.3. The van der Waals surface area contributed by atoms with Crippen LogP contribution in [0.5, 0.6) is 5.75 Å². The number of amides is 1. The molecule has 2 aromatic rings. The summed E-state index contributed by atoms with van der Waals surface area (Å²) < 4.78 is 5.59. The molecule has 1 amide bonds. The van der Waals surface area contributed by atoms with Gasteiger partial charge in [-0.3, -0.25) is 4.79 Å². The molecular formula is C20H25NO2. The summed E-state index contributed by atoms with van der Waals surface area (Å²) in [6.45, 7) is 8.08. The number of ether oxygens (including phenoxy) is 1. The molecule has 0 unspecified atom stereocenters. The van der Waals surface area contributed by atoms with E-state index in [1.807, 2.05) is 32.9 Å². The molecule has 0 saturated heterocycles. The topological polar surface area (TPSA) is 38.3 Å². The molecule has 0 heterocycles. The van der Waals surface area contributed by atoms with Crippen LogP contribution in [0.2, 0.25) is 0 Å². The number of hydrogen-bond acceptors (Lipinski definition) is 2. The van der Waals surface area contributed by atoms with Gasteiger partial charge in [-0.05, 0) is 62.6 Å². The van der Waals surface area contributed by atoms with Crippen molar-refractivity contribution in [3.8, 4) is 5.75 Å². The first-order valence-corrected chi connectivity index (χ1v) is 8.16. The van der Waals surface area contributed by atoms with Crippen molar-refractivity contribution in [1.82, 2.24) is 5.32 Å². The first-order valence-electron chi connectivity index (χ1n) is 8.16. The van der Waals surface area contributed by atoms with Gasteiger partial charge in [0.2, 0.25) is 0 Å². The third-order valence-corrected chi connectivity index (χ3v) is 3.72. The molecule has 0 aromatic heterocycles. The summed E-state index contributed by atoms with van der Waals surface area (Å²) >= 11 is 0. The summed E-state index contributed by atoms with van der Waals surface area (Å²) in [5.41, 5.74) is 3.04. The van der Waals surface area contributed by atoms with E-state index in [0.717, 1.165) is 17.7 Å². The molecule has 2 rings (SSSR count). The van der Waals surface area contributed by atoms with Gasteiger partial charge in [0, 0.05) is 5.56 Å². The summed E-state index contributed by atoms with van der Waals surface area (Å²) in [6.07, 6.45) is 1.15. The fraction of sp³-hybridized carbons (Fsp3) is 0.350. The number of benzene rings is 2. The Morgan fingerprint density at radius 1 is 1.00 bits per heavy atom. The van der Waals surface area contributed by atoms with Gasteiger partial charge in [-0.1, -0.05) is 31.2 Å². The van der Waals surface area contributed by atoms with E-state index >= 15 is 0 Å². The highest BCUT2D eigenvalue weighted by molar-refractivity contribution is 5.94. The minimum Gasteiger partial charge on any atom is -0.491 e. The molecule has 0 fully saturated rings. The number of nitrogens with one attached hydrogen (secondary N) is 1. The van der Waals surface area contributed by atoms with Crippen molar-refractivity contribution in [2.45, 2.75) is 46.3 Å². The van der Waals surface area contributed by atoms with Crippen LogP contribution in [-0.2, 0) is 6.42 Å². The smallest absolute Gasteiger partial charge is 0.251 e. The Morgan fingerprint density at radius 2 is 1.61 bits per heavy atom. The first kappa shape index (κ1) is 17.1. The van der Waals surface area contributed by atoms with Gasteiger partial charge in [-0.2, -0.15) is 0 Å². The Labute approximate surface area is 138 Å². The summed E-state index contributed by atoms with van der Waals surface area (Å²) in [5, 5.41) is 3.03. The lowest BCUT2D eigenvalue weighted by atomic mass is 10.0. The summed E-state index contributed by atoms with van der Waals surface area (Å²) in [4.78, 5) is 12.3. The molecular weight excluding hydrogens is 286 g/mol. The summed E-state index contributed by atoms with van der Waals surface area (Å²) in [7, 11) is 0. The van der Waals surface area contributed by atoms with Crippen molar-refractivity contribution < 1.29 is 9.53 Å². The van der Waals surface area contributed by atoms with Crippen molar-refractivity contribution in [1.29, 1.82) is 0 Å².